The Bertz CT molecular complexity index is 1050. The monoisotopic (exact) mass is 399 g/mol. The van der Waals surface area contributed by atoms with E-state index in [1.807, 2.05) is 0 Å². The molecule has 3 aliphatic heterocycles. The summed E-state index contributed by atoms with van der Waals surface area (Å²) in [6.45, 7) is 3.91. The number of fused-ring (bicyclic) bond motifs is 3. The van der Waals surface area contributed by atoms with Gasteiger partial charge in [0.15, 0.2) is 0 Å². The molecule has 154 valence electrons. The highest BCUT2D eigenvalue weighted by atomic mass is 16.6. The highest BCUT2D eigenvalue weighted by molar-refractivity contribution is 5.96. The van der Waals surface area contributed by atoms with Crippen LogP contribution in [0.25, 0.3) is 10.9 Å². The van der Waals surface area contributed by atoms with Gasteiger partial charge < -0.3 is 14.4 Å². The zero-order chi connectivity index (χ0) is 20.6. The molecule has 4 heterocycles. The van der Waals surface area contributed by atoms with Gasteiger partial charge in [-0.2, -0.15) is 0 Å². The van der Waals surface area contributed by atoms with Crippen molar-refractivity contribution in [2.75, 3.05) is 20.2 Å². The Balaban J connectivity index is 1.93. The van der Waals surface area contributed by atoms with Gasteiger partial charge in [0, 0.05) is 24.7 Å². The third-order valence-electron chi connectivity index (χ3n) is 7.47. The van der Waals surface area contributed by atoms with Crippen molar-refractivity contribution in [1.82, 2.24) is 9.47 Å². The number of aromatic nitrogens is 1. The second-order valence-corrected chi connectivity index (χ2v) is 8.62. The average Bonchev–Trinajstić information content (AvgIpc) is 3.08. The summed E-state index contributed by atoms with van der Waals surface area (Å²) >= 11 is 0. The first kappa shape index (κ1) is 18.6. The van der Waals surface area contributed by atoms with Crippen LogP contribution in [0.2, 0.25) is 0 Å². The van der Waals surface area contributed by atoms with E-state index in [0.717, 1.165) is 43.6 Å². The third-order valence-corrected chi connectivity index (χ3v) is 7.47. The van der Waals surface area contributed by atoms with Gasteiger partial charge in [0.1, 0.15) is 0 Å². The van der Waals surface area contributed by atoms with E-state index in [0.29, 0.717) is 17.3 Å². The van der Waals surface area contributed by atoms with Crippen molar-refractivity contribution in [3.63, 3.8) is 0 Å². The molecule has 3 aliphatic rings. The largest absolute Gasteiger partial charge is 0.465 e. The molecule has 8 heteroatoms. The molecule has 0 amide bonds. The minimum Gasteiger partial charge on any atom is -0.465 e. The predicted octanol–water partition coefficient (Wildman–Crippen LogP) is 2.86. The minimum absolute atomic E-state index is 0.0259. The number of ether oxygens (including phenoxy) is 1. The number of non-ortho nitro benzene ring substituents is 1. The van der Waals surface area contributed by atoms with Crippen molar-refractivity contribution in [3.8, 4) is 0 Å². The van der Waals surface area contributed by atoms with Crippen LogP contribution >= 0.6 is 0 Å². The van der Waals surface area contributed by atoms with E-state index >= 15 is 0 Å². The Morgan fingerprint density at radius 1 is 1.41 bits per heavy atom. The summed E-state index contributed by atoms with van der Waals surface area (Å²) in [6, 6.07) is 4.93. The molecule has 1 aromatic heterocycles. The first-order chi connectivity index (χ1) is 13.9. The van der Waals surface area contributed by atoms with Crippen molar-refractivity contribution in [1.29, 1.82) is 0 Å². The van der Waals surface area contributed by atoms with E-state index in [1.165, 1.54) is 13.2 Å². The average molecular weight is 399 g/mol. The molecule has 0 bridgehead atoms. The first-order valence-electron chi connectivity index (χ1n) is 10.2. The van der Waals surface area contributed by atoms with Gasteiger partial charge in [-0.25, -0.2) is 4.79 Å². The molecule has 1 N–H and O–H groups in total. The van der Waals surface area contributed by atoms with Crippen LogP contribution in [0.1, 0.15) is 49.9 Å². The second kappa shape index (κ2) is 6.03. The maximum atomic E-state index is 12.9. The number of esters is 1. The summed E-state index contributed by atoms with van der Waals surface area (Å²) in [4.78, 5) is 26.8. The van der Waals surface area contributed by atoms with Crippen LogP contribution in [0.5, 0.6) is 0 Å². The maximum Gasteiger partial charge on any atom is 0.359 e. The maximum absolute atomic E-state index is 12.9. The summed E-state index contributed by atoms with van der Waals surface area (Å²) < 4.78 is 6.70. The lowest BCUT2D eigenvalue weighted by molar-refractivity contribution is -0.383. The van der Waals surface area contributed by atoms with Gasteiger partial charge in [-0.15, -0.1) is 0 Å². The van der Waals surface area contributed by atoms with Crippen LogP contribution in [0.15, 0.2) is 18.2 Å². The molecule has 2 aromatic rings. The Kier molecular flexibility index (Phi) is 3.86. The lowest BCUT2D eigenvalue weighted by Crippen LogP contribution is -2.60. The van der Waals surface area contributed by atoms with Gasteiger partial charge in [0.2, 0.25) is 5.72 Å². The minimum atomic E-state index is -1.87. The normalized spacial score (nSPS) is 30.8. The molecule has 0 spiro atoms. The summed E-state index contributed by atoms with van der Waals surface area (Å²) in [5, 5.41) is 24.1. The van der Waals surface area contributed by atoms with Gasteiger partial charge in [0.25, 0.3) is 5.69 Å². The van der Waals surface area contributed by atoms with E-state index in [4.69, 9.17) is 4.74 Å². The van der Waals surface area contributed by atoms with Gasteiger partial charge in [0.05, 0.1) is 29.0 Å². The molecule has 1 aromatic carbocycles. The van der Waals surface area contributed by atoms with Gasteiger partial charge in [-0.1, -0.05) is 13.0 Å². The lowest BCUT2D eigenvalue weighted by atomic mass is 9.62. The fraction of sp³-hybridized carbons (Fsp3) is 0.571. The topological polar surface area (TPSA) is 97.8 Å². The summed E-state index contributed by atoms with van der Waals surface area (Å²) in [7, 11) is 1.28. The van der Waals surface area contributed by atoms with Crippen LogP contribution < -0.4 is 0 Å². The number of benzene rings is 1. The number of hydrogen-bond donors (Lipinski definition) is 1. The molecule has 8 nitrogen and oxygen atoms in total. The zero-order valence-corrected chi connectivity index (χ0v) is 16.7. The van der Waals surface area contributed by atoms with E-state index < -0.39 is 11.7 Å². The molecule has 5 rings (SSSR count). The number of carbonyl (C=O) groups excluding carboxylic acids is 1. The highest BCUT2D eigenvalue weighted by Crippen LogP contribution is 2.61. The molecule has 0 aliphatic carbocycles. The Hall–Kier alpha value is -2.45. The van der Waals surface area contributed by atoms with Crippen molar-refractivity contribution >= 4 is 22.6 Å². The van der Waals surface area contributed by atoms with E-state index in [-0.39, 0.29) is 28.5 Å². The molecule has 1 fully saturated rings. The zero-order valence-electron chi connectivity index (χ0n) is 16.7. The molecule has 0 radical (unpaired) electrons. The summed E-state index contributed by atoms with van der Waals surface area (Å²) in [6.07, 6.45) is 3.65. The number of hydrogen-bond acceptors (Lipinski definition) is 6. The number of nitro groups is 1. The van der Waals surface area contributed by atoms with Crippen LogP contribution in [-0.4, -0.2) is 45.7 Å². The van der Waals surface area contributed by atoms with E-state index in [2.05, 4.69) is 11.8 Å². The molecular formula is C21H25N3O5. The number of nitro benzene ring substituents is 1. The molecule has 3 atom stereocenters. The number of piperidine rings is 1. The second-order valence-electron chi connectivity index (χ2n) is 8.62. The molecular weight excluding hydrogens is 374 g/mol. The lowest BCUT2D eigenvalue weighted by Gasteiger charge is -2.57. The molecule has 29 heavy (non-hydrogen) atoms. The number of rotatable bonds is 3. The Morgan fingerprint density at radius 3 is 2.90 bits per heavy atom. The fourth-order valence-corrected chi connectivity index (χ4v) is 6.33. The smallest absolute Gasteiger partial charge is 0.359 e. The van der Waals surface area contributed by atoms with Gasteiger partial charge in [-0.05, 0) is 49.3 Å². The Labute approximate surface area is 168 Å². The molecule has 0 saturated carbocycles. The quantitative estimate of drug-likeness (QED) is 0.484. The van der Waals surface area contributed by atoms with E-state index in [1.54, 1.807) is 16.7 Å². The highest BCUT2D eigenvalue weighted by Gasteiger charge is 2.60. The number of carbonyl (C=O) groups is 1. The van der Waals surface area contributed by atoms with Crippen molar-refractivity contribution in [3.05, 3.63) is 39.6 Å². The SMILES string of the molecule is CCC12CCCN3CCc4c(n(c5cccc([N+](=O)[O-])c45)C(O)(C(=O)OC)C1)C32. The number of methoxy groups -OCH3 is 1. The fourth-order valence-electron chi connectivity index (χ4n) is 6.33. The standard InChI is InChI=1S/C21H25N3O5/c1-3-20-9-5-10-22-11-8-13-16-14(6-4-7-15(16)24(27)28)23(17(13)18(20)22)21(26,12-20)19(25)29-2/h4,6-7,18,26H,3,5,8-12H2,1-2H3. The predicted molar refractivity (Wildman–Crippen MR) is 105 cm³/mol. The van der Waals surface area contributed by atoms with Crippen molar-refractivity contribution < 1.29 is 19.6 Å². The summed E-state index contributed by atoms with van der Waals surface area (Å²) in [5.41, 5.74) is 0.182. The first-order valence-corrected chi connectivity index (χ1v) is 10.2. The Morgan fingerprint density at radius 2 is 2.21 bits per heavy atom. The van der Waals surface area contributed by atoms with E-state index in [9.17, 15) is 20.0 Å². The third kappa shape index (κ3) is 2.18. The van der Waals surface area contributed by atoms with Crippen LogP contribution in [0.3, 0.4) is 0 Å². The van der Waals surface area contributed by atoms with Crippen LogP contribution in [-0.2, 0) is 21.7 Å². The molecule has 3 unspecified atom stereocenters. The van der Waals surface area contributed by atoms with Crippen LogP contribution in [0, 0.1) is 15.5 Å². The number of nitrogens with zero attached hydrogens (tertiary/aromatic N) is 3. The van der Waals surface area contributed by atoms with Crippen LogP contribution in [0.4, 0.5) is 5.69 Å². The van der Waals surface area contributed by atoms with Gasteiger partial charge >= 0.3 is 5.97 Å². The number of aliphatic hydroxyl groups is 1. The molecule has 1 saturated heterocycles. The summed E-state index contributed by atoms with van der Waals surface area (Å²) in [5.74, 6) is -0.710. The van der Waals surface area contributed by atoms with Gasteiger partial charge in [-0.3, -0.25) is 15.0 Å². The van der Waals surface area contributed by atoms with Crippen molar-refractivity contribution in [2.45, 2.75) is 50.8 Å². The van der Waals surface area contributed by atoms with Crippen molar-refractivity contribution in [2.24, 2.45) is 5.41 Å².